The van der Waals surface area contributed by atoms with Gasteiger partial charge in [0.1, 0.15) is 28.9 Å². The summed E-state index contributed by atoms with van der Waals surface area (Å²) in [7, 11) is 1.30. The second-order valence-electron chi connectivity index (χ2n) is 3.90. The lowest BCUT2D eigenvalue weighted by Gasteiger charge is -2.10. The summed E-state index contributed by atoms with van der Waals surface area (Å²) in [6.45, 7) is 0. The summed E-state index contributed by atoms with van der Waals surface area (Å²) in [6, 6.07) is 6.46. The van der Waals surface area contributed by atoms with Crippen molar-refractivity contribution in [2.45, 2.75) is 0 Å². The van der Waals surface area contributed by atoms with E-state index in [0.29, 0.717) is 0 Å². The molecule has 0 bridgehead atoms. The average molecular weight is 281 g/mol. The molecule has 0 fully saturated rings. The van der Waals surface area contributed by atoms with Gasteiger partial charge in [0.15, 0.2) is 0 Å². The maximum absolute atomic E-state index is 13.4. The average Bonchev–Trinajstić information content (AvgIpc) is 2.43. The smallest absolute Gasteiger partial charge is 0.259 e. The molecule has 0 aromatic heterocycles. The molecule has 0 aliphatic rings. The van der Waals surface area contributed by atoms with Crippen molar-refractivity contribution in [1.82, 2.24) is 0 Å². The van der Waals surface area contributed by atoms with E-state index in [2.05, 4.69) is 5.32 Å². The molecule has 20 heavy (non-hydrogen) atoms. The Bertz CT molecular complexity index is 639. The van der Waals surface area contributed by atoms with Crippen molar-refractivity contribution in [2.24, 2.45) is 0 Å². The number of benzene rings is 2. The highest BCUT2D eigenvalue weighted by molar-refractivity contribution is 6.06. The van der Waals surface area contributed by atoms with Crippen LogP contribution in [0.5, 0.6) is 5.75 Å². The van der Waals surface area contributed by atoms with Crippen LogP contribution in [0.3, 0.4) is 0 Å². The van der Waals surface area contributed by atoms with E-state index in [9.17, 15) is 18.0 Å². The van der Waals surface area contributed by atoms with E-state index in [4.69, 9.17) is 4.74 Å². The van der Waals surface area contributed by atoms with Crippen LogP contribution in [0.2, 0.25) is 0 Å². The van der Waals surface area contributed by atoms with Crippen LogP contribution in [0.25, 0.3) is 0 Å². The Morgan fingerprint density at radius 1 is 1.10 bits per heavy atom. The Balaban J connectivity index is 2.35. The molecule has 0 aliphatic carbocycles. The zero-order valence-electron chi connectivity index (χ0n) is 10.4. The van der Waals surface area contributed by atoms with E-state index < -0.39 is 29.0 Å². The number of anilines is 1. The minimum Gasteiger partial charge on any atom is -0.496 e. The number of nitrogens with one attached hydrogen (secondary N) is 1. The van der Waals surface area contributed by atoms with Gasteiger partial charge in [-0.1, -0.05) is 6.07 Å². The van der Waals surface area contributed by atoms with Crippen LogP contribution in [0.15, 0.2) is 36.4 Å². The van der Waals surface area contributed by atoms with Crippen molar-refractivity contribution in [1.29, 1.82) is 0 Å². The number of halogens is 3. The van der Waals surface area contributed by atoms with E-state index >= 15 is 0 Å². The molecule has 0 spiro atoms. The van der Waals surface area contributed by atoms with Gasteiger partial charge in [0.25, 0.3) is 5.91 Å². The fourth-order valence-electron chi connectivity index (χ4n) is 1.66. The molecule has 0 saturated carbocycles. The molecule has 0 saturated heterocycles. The van der Waals surface area contributed by atoms with Crippen LogP contribution in [-0.4, -0.2) is 13.0 Å². The number of carbonyl (C=O) groups excluding carboxylic acids is 1. The van der Waals surface area contributed by atoms with E-state index in [1.807, 2.05) is 0 Å². The summed E-state index contributed by atoms with van der Waals surface area (Å²) in [5, 5.41) is 2.06. The summed E-state index contributed by atoms with van der Waals surface area (Å²) in [5.74, 6) is -3.28. The summed E-state index contributed by atoms with van der Waals surface area (Å²) in [4.78, 5) is 12.0. The molecule has 1 amide bonds. The number of hydrogen-bond acceptors (Lipinski definition) is 2. The molecule has 1 N–H and O–H groups in total. The molecule has 0 atom stereocenters. The third-order valence-corrected chi connectivity index (χ3v) is 2.61. The molecule has 0 unspecified atom stereocenters. The van der Waals surface area contributed by atoms with Gasteiger partial charge >= 0.3 is 0 Å². The zero-order chi connectivity index (χ0) is 14.7. The lowest BCUT2D eigenvalue weighted by molar-refractivity contribution is 0.102. The lowest BCUT2D eigenvalue weighted by Crippen LogP contribution is -2.15. The van der Waals surface area contributed by atoms with E-state index in [1.54, 1.807) is 0 Å². The Morgan fingerprint density at radius 3 is 2.35 bits per heavy atom. The topological polar surface area (TPSA) is 38.3 Å². The normalized spacial score (nSPS) is 10.2. The third kappa shape index (κ3) is 2.74. The number of carbonyl (C=O) groups is 1. The molecular weight excluding hydrogens is 271 g/mol. The molecule has 104 valence electrons. The number of rotatable bonds is 3. The van der Waals surface area contributed by atoms with Gasteiger partial charge in [0.2, 0.25) is 0 Å². The minimum absolute atomic E-state index is 0.0978. The zero-order valence-corrected chi connectivity index (χ0v) is 10.4. The van der Waals surface area contributed by atoms with Gasteiger partial charge < -0.3 is 10.1 Å². The first-order valence-electron chi connectivity index (χ1n) is 5.62. The first kappa shape index (κ1) is 13.9. The van der Waals surface area contributed by atoms with Gasteiger partial charge in [-0.2, -0.15) is 0 Å². The largest absolute Gasteiger partial charge is 0.496 e. The molecule has 2 aromatic rings. The van der Waals surface area contributed by atoms with Crippen LogP contribution >= 0.6 is 0 Å². The van der Waals surface area contributed by atoms with E-state index in [-0.39, 0.29) is 11.3 Å². The number of amides is 1. The van der Waals surface area contributed by atoms with Crippen molar-refractivity contribution >= 4 is 11.6 Å². The molecule has 6 heteroatoms. The van der Waals surface area contributed by atoms with Gasteiger partial charge in [-0.05, 0) is 30.3 Å². The van der Waals surface area contributed by atoms with Gasteiger partial charge in [-0.3, -0.25) is 4.79 Å². The number of hydrogen-bond donors (Lipinski definition) is 1. The molecule has 0 heterocycles. The maximum Gasteiger partial charge on any atom is 0.259 e. The molecule has 3 nitrogen and oxygen atoms in total. The highest BCUT2D eigenvalue weighted by atomic mass is 19.1. The monoisotopic (exact) mass is 281 g/mol. The van der Waals surface area contributed by atoms with Crippen molar-refractivity contribution < 1.29 is 22.7 Å². The van der Waals surface area contributed by atoms with Gasteiger partial charge in [-0.25, -0.2) is 13.2 Å². The van der Waals surface area contributed by atoms with Crippen LogP contribution in [0.4, 0.5) is 18.9 Å². The lowest BCUT2D eigenvalue weighted by atomic mass is 10.1. The predicted octanol–water partition coefficient (Wildman–Crippen LogP) is 3.36. The molecule has 0 radical (unpaired) electrons. The van der Waals surface area contributed by atoms with Crippen molar-refractivity contribution in [2.75, 3.05) is 12.4 Å². The van der Waals surface area contributed by atoms with Crippen LogP contribution in [-0.2, 0) is 0 Å². The first-order chi connectivity index (χ1) is 9.52. The van der Waals surface area contributed by atoms with Crippen molar-refractivity contribution in [3.63, 3.8) is 0 Å². The Labute approximate surface area is 113 Å². The highest BCUT2D eigenvalue weighted by Crippen LogP contribution is 2.23. The molecular formula is C14H10F3NO2. The summed E-state index contributed by atoms with van der Waals surface area (Å²) < 4.78 is 44.9. The van der Waals surface area contributed by atoms with Crippen molar-refractivity contribution in [3.8, 4) is 5.75 Å². The Hall–Kier alpha value is -2.50. The molecule has 0 aliphatic heterocycles. The standard InChI is InChI=1S/C14H10F3NO2/c1-20-12-6-5-8(15)7-9(12)14(19)18-13-10(16)3-2-4-11(13)17/h2-7H,1H3,(H,18,19). The van der Waals surface area contributed by atoms with Gasteiger partial charge in [0, 0.05) is 0 Å². The number of para-hydroxylation sites is 1. The summed E-state index contributed by atoms with van der Waals surface area (Å²) in [6.07, 6.45) is 0. The molecule has 2 rings (SSSR count). The highest BCUT2D eigenvalue weighted by Gasteiger charge is 2.17. The van der Waals surface area contributed by atoms with Crippen LogP contribution < -0.4 is 10.1 Å². The quantitative estimate of drug-likeness (QED) is 0.936. The first-order valence-corrected chi connectivity index (χ1v) is 5.62. The second-order valence-corrected chi connectivity index (χ2v) is 3.90. The third-order valence-electron chi connectivity index (χ3n) is 2.61. The predicted molar refractivity (Wildman–Crippen MR) is 67.3 cm³/mol. The maximum atomic E-state index is 13.4. The van der Waals surface area contributed by atoms with Gasteiger partial charge in [0.05, 0.1) is 12.7 Å². The Morgan fingerprint density at radius 2 is 1.75 bits per heavy atom. The van der Waals surface area contributed by atoms with Crippen LogP contribution in [0, 0.1) is 17.5 Å². The van der Waals surface area contributed by atoms with Crippen molar-refractivity contribution in [3.05, 3.63) is 59.4 Å². The minimum atomic E-state index is -0.922. The molecule has 2 aromatic carbocycles. The van der Waals surface area contributed by atoms with E-state index in [0.717, 1.165) is 24.3 Å². The Kier molecular flexibility index (Phi) is 3.93. The fraction of sp³-hybridized carbons (Fsp3) is 0.0714. The SMILES string of the molecule is COc1ccc(F)cc1C(=O)Nc1c(F)cccc1F. The fourth-order valence-corrected chi connectivity index (χ4v) is 1.66. The van der Waals surface area contributed by atoms with E-state index in [1.165, 1.54) is 19.2 Å². The van der Waals surface area contributed by atoms with Gasteiger partial charge in [-0.15, -0.1) is 0 Å². The van der Waals surface area contributed by atoms with Crippen LogP contribution in [0.1, 0.15) is 10.4 Å². The number of ether oxygens (including phenoxy) is 1. The summed E-state index contributed by atoms with van der Waals surface area (Å²) >= 11 is 0. The second kappa shape index (κ2) is 5.64. The number of methoxy groups -OCH3 is 1. The summed E-state index contributed by atoms with van der Waals surface area (Å²) in [5.41, 5.74) is -0.751.